The van der Waals surface area contributed by atoms with Crippen LogP contribution in [0, 0.1) is 6.92 Å². The molecule has 112 valence electrons. The molecule has 0 radical (unpaired) electrons. The van der Waals surface area contributed by atoms with Gasteiger partial charge in [-0.05, 0) is 30.2 Å². The lowest BCUT2D eigenvalue weighted by Gasteiger charge is -2.17. The molecule has 4 heteroatoms. The van der Waals surface area contributed by atoms with Crippen molar-refractivity contribution in [2.75, 3.05) is 5.32 Å². The fourth-order valence-corrected chi connectivity index (χ4v) is 3.72. The predicted octanol–water partition coefficient (Wildman–Crippen LogP) is 5.46. The molecule has 0 unspecified atom stereocenters. The van der Waals surface area contributed by atoms with Crippen LogP contribution in [0.1, 0.15) is 11.1 Å². The van der Waals surface area contributed by atoms with E-state index >= 15 is 0 Å². The molecule has 0 saturated heterocycles. The highest BCUT2D eigenvalue weighted by atomic mass is 35.5. The van der Waals surface area contributed by atoms with Crippen molar-refractivity contribution in [3.63, 3.8) is 0 Å². The van der Waals surface area contributed by atoms with E-state index < -0.39 is 8.07 Å². The Morgan fingerprint density at radius 2 is 1.57 bits per heavy atom. The summed E-state index contributed by atoms with van der Waals surface area (Å²) < 4.78 is 0. The highest BCUT2D eigenvalue weighted by Crippen LogP contribution is 2.29. The SMILES string of the molecule is Cc1cc(Cl)c(NCc2ccc([Si](C)(C)C)cc2)cc1Cl. The molecular weight excluding hydrogens is 317 g/mol. The number of hydrogen-bond donors (Lipinski definition) is 1. The largest absolute Gasteiger partial charge is 0.380 e. The van der Waals surface area contributed by atoms with Crippen molar-refractivity contribution in [3.8, 4) is 0 Å². The first-order chi connectivity index (χ1) is 9.77. The van der Waals surface area contributed by atoms with Crippen molar-refractivity contribution < 1.29 is 0 Å². The van der Waals surface area contributed by atoms with Gasteiger partial charge in [0.2, 0.25) is 0 Å². The van der Waals surface area contributed by atoms with Crippen LogP contribution in [0.25, 0.3) is 0 Å². The lowest BCUT2D eigenvalue weighted by molar-refractivity contribution is 1.15. The second kappa shape index (κ2) is 6.43. The van der Waals surface area contributed by atoms with E-state index in [0.29, 0.717) is 5.02 Å². The Balaban J connectivity index is 2.08. The molecule has 0 aliphatic rings. The molecule has 0 spiro atoms. The molecule has 0 saturated carbocycles. The van der Waals surface area contributed by atoms with E-state index in [9.17, 15) is 0 Å². The van der Waals surface area contributed by atoms with Gasteiger partial charge in [0.25, 0.3) is 0 Å². The maximum Gasteiger partial charge on any atom is 0.0775 e. The van der Waals surface area contributed by atoms with Crippen molar-refractivity contribution in [2.24, 2.45) is 0 Å². The van der Waals surface area contributed by atoms with Gasteiger partial charge >= 0.3 is 0 Å². The van der Waals surface area contributed by atoms with E-state index in [-0.39, 0.29) is 0 Å². The van der Waals surface area contributed by atoms with Gasteiger partial charge in [-0.3, -0.25) is 0 Å². The highest BCUT2D eigenvalue weighted by molar-refractivity contribution is 6.88. The van der Waals surface area contributed by atoms with Crippen LogP contribution in [-0.4, -0.2) is 8.07 Å². The van der Waals surface area contributed by atoms with Crippen LogP contribution in [0.4, 0.5) is 5.69 Å². The van der Waals surface area contributed by atoms with Gasteiger partial charge in [-0.1, -0.05) is 72.3 Å². The third-order valence-electron chi connectivity index (χ3n) is 3.55. The van der Waals surface area contributed by atoms with Crippen LogP contribution in [0.15, 0.2) is 36.4 Å². The molecular formula is C17H21Cl2NSi. The van der Waals surface area contributed by atoms with Gasteiger partial charge in [-0.2, -0.15) is 0 Å². The Hall–Kier alpha value is -0.963. The Kier molecular flexibility index (Phi) is 5.02. The smallest absolute Gasteiger partial charge is 0.0775 e. The molecule has 0 atom stereocenters. The number of hydrogen-bond acceptors (Lipinski definition) is 1. The summed E-state index contributed by atoms with van der Waals surface area (Å²) >= 11 is 12.4. The molecule has 0 fully saturated rings. The molecule has 1 nitrogen and oxygen atoms in total. The molecule has 2 aromatic rings. The summed E-state index contributed by atoms with van der Waals surface area (Å²) in [7, 11) is -1.22. The summed E-state index contributed by atoms with van der Waals surface area (Å²) in [5.74, 6) is 0. The lowest BCUT2D eigenvalue weighted by atomic mass is 10.2. The van der Waals surface area contributed by atoms with Crippen LogP contribution in [0.3, 0.4) is 0 Å². The second-order valence-electron chi connectivity index (χ2n) is 6.38. The summed E-state index contributed by atoms with van der Waals surface area (Å²) in [5, 5.41) is 6.26. The van der Waals surface area contributed by atoms with Crippen molar-refractivity contribution in [2.45, 2.75) is 33.1 Å². The average molecular weight is 338 g/mol. The summed E-state index contributed by atoms with van der Waals surface area (Å²) in [6.45, 7) is 9.76. The summed E-state index contributed by atoms with van der Waals surface area (Å²) in [4.78, 5) is 0. The number of anilines is 1. The Bertz CT molecular complexity index is 630. The van der Waals surface area contributed by atoms with E-state index in [1.807, 2.05) is 19.1 Å². The van der Waals surface area contributed by atoms with Gasteiger partial charge in [0.15, 0.2) is 0 Å². The Morgan fingerprint density at radius 3 is 2.14 bits per heavy atom. The standard InChI is InChI=1S/C17H21Cl2NSi/c1-12-9-16(19)17(10-15(12)18)20-11-13-5-7-14(8-6-13)21(2,3)4/h5-10,20H,11H2,1-4H3. The minimum Gasteiger partial charge on any atom is -0.380 e. The summed E-state index contributed by atoms with van der Waals surface area (Å²) in [5.41, 5.74) is 3.11. The fourth-order valence-electron chi connectivity index (χ4n) is 2.10. The molecule has 0 heterocycles. The van der Waals surface area contributed by atoms with Gasteiger partial charge in [0.1, 0.15) is 0 Å². The van der Waals surface area contributed by atoms with Crippen molar-refractivity contribution in [1.29, 1.82) is 0 Å². The molecule has 0 amide bonds. The quantitative estimate of drug-likeness (QED) is 0.730. The van der Waals surface area contributed by atoms with Gasteiger partial charge in [-0.25, -0.2) is 0 Å². The number of halogens is 2. The van der Waals surface area contributed by atoms with E-state index in [1.54, 1.807) is 0 Å². The monoisotopic (exact) mass is 337 g/mol. The third-order valence-corrected chi connectivity index (χ3v) is 6.34. The van der Waals surface area contributed by atoms with Gasteiger partial charge in [-0.15, -0.1) is 0 Å². The predicted molar refractivity (Wildman–Crippen MR) is 97.9 cm³/mol. The van der Waals surface area contributed by atoms with Gasteiger partial charge in [0.05, 0.1) is 18.8 Å². The summed E-state index contributed by atoms with van der Waals surface area (Å²) in [6, 6.07) is 12.6. The van der Waals surface area contributed by atoms with E-state index in [4.69, 9.17) is 23.2 Å². The maximum absolute atomic E-state index is 6.24. The number of benzene rings is 2. The third kappa shape index (κ3) is 4.25. The molecule has 21 heavy (non-hydrogen) atoms. The number of nitrogens with one attached hydrogen (secondary N) is 1. The molecule has 2 rings (SSSR count). The van der Waals surface area contributed by atoms with Crippen molar-refractivity contribution >= 4 is 42.1 Å². The number of rotatable bonds is 4. The van der Waals surface area contributed by atoms with Crippen LogP contribution < -0.4 is 10.5 Å². The Labute approximate surface area is 138 Å². The van der Waals surface area contributed by atoms with E-state index in [2.05, 4.69) is 49.2 Å². The second-order valence-corrected chi connectivity index (χ2v) is 12.3. The zero-order valence-corrected chi connectivity index (χ0v) is 15.4. The molecule has 0 aliphatic carbocycles. The first kappa shape index (κ1) is 16.4. The van der Waals surface area contributed by atoms with Crippen LogP contribution in [-0.2, 0) is 6.54 Å². The van der Waals surface area contributed by atoms with Gasteiger partial charge in [0, 0.05) is 11.6 Å². The normalized spacial score (nSPS) is 11.5. The lowest BCUT2D eigenvalue weighted by Crippen LogP contribution is -2.37. The van der Waals surface area contributed by atoms with Gasteiger partial charge < -0.3 is 5.32 Å². The number of aryl methyl sites for hydroxylation is 1. The van der Waals surface area contributed by atoms with Crippen LogP contribution >= 0.6 is 23.2 Å². The molecule has 0 aromatic heterocycles. The fraction of sp³-hybridized carbons (Fsp3) is 0.294. The van der Waals surface area contributed by atoms with E-state index in [0.717, 1.165) is 22.8 Å². The van der Waals surface area contributed by atoms with E-state index in [1.165, 1.54) is 10.8 Å². The molecule has 0 aliphatic heterocycles. The zero-order chi connectivity index (χ0) is 15.6. The zero-order valence-electron chi connectivity index (χ0n) is 12.9. The topological polar surface area (TPSA) is 12.0 Å². The van der Waals surface area contributed by atoms with Crippen molar-refractivity contribution in [3.05, 3.63) is 57.6 Å². The minimum atomic E-state index is -1.22. The Morgan fingerprint density at radius 1 is 0.952 bits per heavy atom. The molecule has 0 bridgehead atoms. The summed E-state index contributed by atoms with van der Waals surface area (Å²) in [6.07, 6.45) is 0. The van der Waals surface area contributed by atoms with Crippen molar-refractivity contribution in [1.82, 2.24) is 0 Å². The van der Waals surface area contributed by atoms with Crippen LogP contribution in [0.2, 0.25) is 29.7 Å². The molecule has 2 aromatic carbocycles. The minimum absolute atomic E-state index is 0.704. The first-order valence-corrected chi connectivity index (χ1v) is 11.3. The molecule has 1 N–H and O–H groups in total. The average Bonchev–Trinajstić information content (AvgIpc) is 2.41. The first-order valence-electron chi connectivity index (χ1n) is 7.06. The maximum atomic E-state index is 6.24. The highest BCUT2D eigenvalue weighted by Gasteiger charge is 2.15. The van der Waals surface area contributed by atoms with Crippen LogP contribution in [0.5, 0.6) is 0 Å².